The highest BCUT2D eigenvalue weighted by atomic mass is 16.2. The number of nitrogens with zero attached hydrogens (tertiary/aromatic N) is 2. The zero-order valence-corrected chi connectivity index (χ0v) is 9.67. The molecule has 3 heteroatoms. The van der Waals surface area contributed by atoms with E-state index in [2.05, 4.69) is 23.9 Å². The highest BCUT2D eigenvalue weighted by Gasteiger charge is 2.07. The fourth-order valence-electron chi connectivity index (χ4n) is 1.50. The first-order valence-corrected chi connectivity index (χ1v) is 5.34. The van der Waals surface area contributed by atoms with Gasteiger partial charge in [-0.3, -0.25) is 4.68 Å². The first-order valence-electron chi connectivity index (χ1n) is 5.34. The molecule has 0 aliphatic carbocycles. The first kappa shape index (κ1) is 11.8. The van der Waals surface area contributed by atoms with E-state index in [0.717, 1.165) is 36.3 Å². The van der Waals surface area contributed by atoms with Gasteiger partial charge in [0.1, 0.15) is 0 Å². The Labute approximate surface area is 91.1 Å². The lowest BCUT2D eigenvalue weighted by Crippen LogP contribution is -1.98. The normalized spacial score (nSPS) is 9.87. The maximum Gasteiger partial charge on any atom is 0.0753 e. The second-order valence-corrected chi connectivity index (χ2v) is 3.49. The SMILES string of the molecule is CCn1nc(C)c(C#CCCCO)c1C. The van der Waals surface area contributed by atoms with Crippen molar-refractivity contribution in [1.82, 2.24) is 9.78 Å². The summed E-state index contributed by atoms with van der Waals surface area (Å²) in [6.07, 6.45) is 1.49. The number of aryl methyl sites for hydroxylation is 2. The number of hydrogen-bond donors (Lipinski definition) is 1. The summed E-state index contributed by atoms with van der Waals surface area (Å²) < 4.78 is 1.96. The molecule has 0 aliphatic heterocycles. The van der Waals surface area contributed by atoms with Crippen molar-refractivity contribution in [3.63, 3.8) is 0 Å². The Hall–Kier alpha value is -1.27. The zero-order chi connectivity index (χ0) is 11.3. The van der Waals surface area contributed by atoms with E-state index in [0.29, 0.717) is 0 Å². The molecule has 1 aromatic heterocycles. The van der Waals surface area contributed by atoms with Crippen LogP contribution in [0.5, 0.6) is 0 Å². The summed E-state index contributed by atoms with van der Waals surface area (Å²) in [5.41, 5.74) is 3.16. The van der Waals surface area contributed by atoms with Gasteiger partial charge in [0.25, 0.3) is 0 Å². The molecule has 0 radical (unpaired) electrons. The Kier molecular flexibility index (Phi) is 4.38. The molecule has 0 atom stereocenters. The topological polar surface area (TPSA) is 38.0 Å². The average molecular weight is 206 g/mol. The van der Waals surface area contributed by atoms with E-state index >= 15 is 0 Å². The van der Waals surface area contributed by atoms with Gasteiger partial charge >= 0.3 is 0 Å². The van der Waals surface area contributed by atoms with Crippen LogP contribution in [0.1, 0.15) is 36.7 Å². The van der Waals surface area contributed by atoms with Crippen molar-refractivity contribution in [2.75, 3.05) is 6.61 Å². The van der Waals surface area contributed by atoms with Crippen molar-refractivity contribution in [1.29, 1.82) is 0 Å². The maximum absolute atomic E-state index is 8.63. The smallest absolute Gasteiger partial charge is 0.0753 e. The summed E-state index contributed by atoms with van der Waals surface area (Å²) in [5, 5.41) is 13.0. The van der Waals surface area contributed by atoms with Gasteiger partial charge in [-0.2, -0.15) is 5.10 Å². The van der Waals surface area contributed by atoms with Crippen LogP contribution in [0.25, 0.3) is 0 Å². The summed E-state index contributed by atoms with van der Waals surface area (Å²) in [6, 6.07) is 0. The molecule has 0 saturated carbocycles. The number of rotatable bonds is 3. The summed E-state index contributed by atoms with van der Waals surface area (Å²) in [4.78, 5) is 0. The fourth-order valence-corrected chi connectivity index (χ4v) is 1.50. The molecule has 3 nitrogen and oxygen atoms in total. The van der Waals surface area contributed by atoms with E-state index in [1.165, 1.54) is 0 Å². The largest absolute Gasteiger partial charge is 0.396 e. The highest BCUT2D eigenvalue weighted by molar-refractivity contribution is 5.41. The molecule has 0 spiro atoms. The Morgan fingerprint density at radius 2 is 2.13 bits per heavy atom. The number of aliphatic hydroxyl groups excluding tert-OH is 1. The van der Waals surface area contributed by atoms with Crippen LogP contribution in [0, 0.1) is 25.7 Å². The molecule has 0 bridgehead atoms. The van der Waals surface area contributed by atoms with Gasteiger partial charge in [-0.05, 0) is 27.2 Å². The molecule has 1 aromatic rings. The van der Waals surface area contributed by atoms with Crippen LogP contribution in [0.2, 0.25) is 0 Å². The third kappa shape index (κ3) is 2.84. The summed E-state index contributed by atoms with van der Waals surface area (Å²) in [7, 11) is 0. The number of unbranched alkanes of at least 4 members (excludes halogenated alkanes) is 1. The quantitative estimate of drug-likeness (QED) is 0.603. The molecule has 0 amide bonds. The maximum atomic E-state index is 8.63. The van der Waals surface area contributed by atoms with Gasteiger partial charge in [0.15, 0.2) is 0 Å². The molecule has 0 fully saturated rings. The molecule has 0 aliphatic rings. The first-order chi connectivity index (χ1) is 7.20. The standard InChI is InChI=1S/C12H18N2O/c1-4-14-11(3)12(10(2)13-14)8-6-5-7-9-15/h15H,4-5,7,9H2,1-3H3. The second-order valence-electron chi connectivity index (χ2n) is 3.49. The van der Waals surface area contributed by atoms with E-state index in [1.807, 2.05) is 18.5 Å². The molecule has 0 unspecified atom stereocenters. The molecule has 82 valence electrons. The lowest BCUT2D eigenvalue weighted by atomic mass is 10.2. The predicted molar refractivity (Wildman–Crippen MR) is 60.6 cm³/mol. The minimum absolute atomic E-state index is 0.209. The van der Waals surface area contributed by atoms with Gasteiger partial charge in [-0.15, -0.1) is 0 Å². The fraction of sp³-hybridized carbons (Fsp3) is 0.583. The van der Waals surface area contributed by atoms with Crippen LogP contribution in [0.3, 0.4) is 0 Å². The molecular weight excluding hydrogens is 188 g/mol. The third-order valence-corrected chi connectivity index (χ3v) is 2.35. The van der Waals surface area contributed by atoms with Crippen molar-refractivity contribution in [3.8, 4) is 11.8 Å². The Balaban J connectivity index is 2.83. The van der Waals surface area contributed by atoms with Gasteiger partial charge in [-0.1, -0.05) is 11.8 Å². The van der Waals surface area contributed by atoms with E-state index < -0.39 is 0 Å². The van der Waals surface area contributed by atoms with Crippen molar-refractivity contribution in [2.45, 2.75) is 40.2 Å². The van der Waals surface area contributed by atoms with Gasteiger partial charge in [0, 0.05) is 19.6 Å². The van der Waals surface area contributed by atoms with Crippen molar-refractivity contribution >= 4 is 0 Å². The lowest BCUT2D eigenvalue weighted by Gasteiger charge is -1.96. The number of hydrogen-bond acceptors (Lipinski definition) is 2. The Morgan fingerprint density at radius 1 is 1.40 bits per heavy atom. The third-order valence-electron chi connectivity index (χ3n) is 2.35. The summed E-state index contributed by atoms with van der Waals surface area (Å²) in [6.45, 7) is 7.18. The van der Waals surface area contributed by atoms with Crippen LogP contribution in [0.15, 0.2) is 0 Å². The molecule has 1 heterocycles. The molecular formula is C12H18N2O. The van der Waals surface area contributed by atoms with Crippen LogP contribution in [-0.2, 0) is 6.54 Å². The van der Waals surface area contributed by atoms with Crippen LogP contribution in [-0.4, -0.2) is 21.5 Å². The van der Waals surface area contributed by atoms with E-state index in [1.54, 1.807) is 0 Å². The summed E-state index contributed by atoms with van der Waals surface area (Å²) in [5.74, 6) is 6.18. The highest BCUT2D eigenvalue weighted by Crippen LogP contribution is 2.11. The zero-order valence-electron chi connectivity index (χ0n) is 9.67. The van der Waals surface area contributed by atoms with Crippen molar-refractivity contribution < 1.29 is 5.11 Å². The van der Waals surface area contributed by atoms with Gasteiger partial charge in [0.05, 0.1) is 17.0 Å². The minimum atomic E-state index is 0.209. The summed E-state index contributed by atoms with van der Waals surface area (Å²) >= 11 is 0. The average Bonchev–Trinajstić information content (AvgIpc) is 2.50. The Bertz CT molecular complexity index is 382. The minimum Gasteiger partial charge on any atom is -0.396 e. The molecule has 0 aromatic carbocycles. The molecule has 0 saturated heterocycles. The molecule has 1 N–H and O–H groups in total. The second kappa shape index (κ2) is 5.57. The van der Waals surface area contributed by atoms with Gasteiger partial charge < -0.3 is 5.11 Å². The van der Waals surface area contributed by atoms with Gasteiger partial charge in [-0.25, -0.2) is 0 Å². The van der Waals surface area contributed by atoms with E-state index in [4.69, 9.17) is 5.11 Å². The van der Waals surface area contributed by atoms with Crippen LogP contribution < -0.4 is 0 Å². The Morgan fingerprint density at radius 3 is 2.67 bits per heavy atom. The van der Waals surface area contributed by atoms with Gasteiger partial charge in [0.2, 0.25) is 0 Å². The van der Waals surface area contributed by atoms with E-state index in [-0.39, 0.29) is 6.61 Å². The predicted octanol–water partition coefficient (Wildman–Crippen LogP) is 1.64. The molecule has 15 heavy (non-hydrogen) atoms. The van der Waals surface area contributed by atoms with Crippen LogP contribution in [0.4, 0.5) is 0 Å². The van der Waals surface area contributed by atoms with Crippen molar-refractivity contribution in [2.24, 2.45) is 0 Å². The molecule has 1 rings (SSSR count). The van der Waals surface area contributed by atoms with Crippen molar-refractivity contribution in [3.05, 3.63) is 17.0 Å². The van der Waals surface area contributed by atoms with Crippen LogP contribution >= 0.6 is 0 Å². The number of aromatic nitrogens is 2. The lowest BCUT2D eigenvalue weighted by molar-refractivity contribution is 0.290. The van der Waals surface area contributed by atoms with E-state index in [9.17, 15) is 0 Å². The monoisotopic (exact) mass is 206 g/mol. The number of aliphatic hydroxyl groups is 1.